The van der Waals surface area contributed by atoms with E-state index in [1.54, 1.807) is 43.6 Å². The van der Waals surface area contributed by atoms with Gasteiger partial charge in [0, 0.05) is 22.6 Å². The summed E-state index contributed by atoms with van der Waals surface area (Å²) in [7, 11) is 0. The molecule has 0 saturated heterocycles. The Labute approximate surface area is 163 Å². The van der Waals surface area contributed by atoms with Crippen LogP contribution in [0.5, 0.6) is 0 Å². The van der Waals surface area contributed by atoms with Gasteiger partial charge in [-0.15, -0.1) is 0 Å². The van der Waals surface area contributed by atoms with Crippen LogP contribution in [0.1, 0.15) is 19.4 Å². The number of pyridine rings is 1. The van der Waals surface area contributed by atoms with E-state index >= 15 is 0 Å². The summed E-state index contributed by atoms with van der Waals surface area (Å²) in [4.78, 5) is 7.88. The van der Waals surface area contributed by atoms with Crippen molar-refractivity contribution in [1.29, 1.82) is 0 Å². The summed E-state index contributed by atoms with van der Waals surface area (Å²) in [6.07, 6.45) is -1.12. The fourth-order valence-electron chi connectivity index (χ4n) is 2.35. The first kappa shape index (κ1) is 21.2. The second-order valence-corrected chi connectivity index (χ2v) is 7.30. The van der Waals surface area contributed by atoms with Gasteiger partial charge in [-0.1, -0.05) is 12.1 Å². The molecule has 0 radical (unpaired) electrons. The summed E-state index contributed by atoms with van der Waals surface area (Å²) in [5, 5.41) is 0. The van der Waals surface area contributed by atoms with E-state index in [4.69, 9.17) is 16.2 Å². The van der Waals surface area contributed by atoms with Crippen LogP contribution in [0, 0.1) is 0 Å². The van der Waals surface area contributed by atoms with Gasteiger partial charge in [-0.25, -0.2) is 0 Å². The van der Waals surface area contributed by atoms with Gasteiger partial charge in [-0.2, -0.15) is 13.2 Å². The lowest BCUT2D eigenvalue weighted by molar-refractivity contribution is -0.249. The van der Waals surface area contributed by atoms with E-state index in [1.807, 2.05) is 12.1 Å². The molecular weight excluding hydrogens is 425 g/mol. The van der Waals surface area contributed by atoms with E-state index in [0.29, 0.717) is 11.3 Å². The molecule has 27 heavy (non-hydrogen) atoms. The molecule has 2 aromatic rings. The minimum absolute atomic E-state index is 0.229. The lowest BCUT2D eigenvalue weighted by Crippen LogP contribution is -2.60. The molecule has 0 spiro atoms. The summed E-state index contributed by atoms with van der Waals surface area (Å²) in [5.74, 6) is -0.582. The standard InChI is InChI=1S/C13H16F3N3O.C5H4BrN/c1-11(8-4-3-5-9(17)6-8)7-20-12(2,10(18)19-11)13(14,15)16;6-5-2-1-3-7-4-5/h3-6H,7,17H2,1-2H3,(H2,18,19);1-4H. The van der Waals surface area contributed by atoms with E-state index in [0.717, 1.165) is 11.4 Å². The molecule has 2 atom stereocenters. The number of hydrogen-bond acceptors (Lipinski definition) is 5. The van der Waals surface area contributed by atoms with Crippen molar-refractivity contribution >= 4 is 27.5 Å². The first-order valence-electron chi connectivity index (χ1n) is 7.96. The maximum atomic E-state index is 13.0. The summed E-state index contributed by atoms with van der Waals surface area (Å²) in [6, 6.07) is 10.6. The predicted octanol–water partition coefficient (Wildman–Crippen LogP) is 4.04. The number of anilines is 1. The molecule has 0 saturated carbocycles. The van der Waals surface area contributed by atoms with Gasteiger partial charge in [0.2, 0.25) is 5.60 Å². The molecule has 9 heteroatoms. The van der Waals surface area contributed by atoms with E-state index in [-0.39, 0.29) is 6.61 Å². The number of alkyl halides is 3. The topological polar surface area (TPSA) is 86.5 Å². The number of amidine groups is 1. The molecule has 1 aliphatic rings. The Bertz CT molecular complexity index is 816. The molecule has 2 unspecified atom stereocenters. The molecule has 0 fully saturated rings. The zero-order valence-corrected chi connectivity index (χ0v) is 16.4. The molecule has 4 N–H and O–H groups in total. The van der Waals surface area contributed by atoms with E-state index < -0.39 is 23.2 Å². The summed E-state index contributed by atoms with van der Waals surface area (Å²) in [5.41, 5.74) is 8.83. The molecule has 0 aliphatic carbocycles. The highest BCUT2D eigenvalue weighted by Crippen LogP contribution is 2.40. The van der Waals surface area contributed by atoms with Crippen molar-refractivity contribution < 1.29 is 17.9 Å². The average molecular weight is 445 g/mol. The SMILES string of the molecule is Brc1cccnc1.CC1(c2cccc(N)c2)COC(C)(C(F)(F)F)C(N)=N1. The number of nitrogens with zero attached hydrogens (tertiary/aromatic N) is 2. The number of aliphatic imine (C=N–C) groups is 1. The predicted molar refractivity (Wildman–Crippen MR) is 102 cm³/mol. The molecule has 0 bridgehead atoms. The Morgan fingerprint density at radius 2 is 1.85 bits per heavy atom. The highest BCUT2D eigenvalue weighted by Gasteiger charge is 2.58. The van der Waals surface area contributed by atoms with Crippen molar-refractivity contribution in [3.8, 4) is 0 Å². The molecule has 5 nitrogen and oxygen atoms in total. The Morgan fingerprint density at radius 3 is 2.30 bits per heavy atom. The summed E-state index contributed by atoms with van der Waals surface area (Å²) < 4.78 is 45.0. The van der Waals surface area contributed by atoms with Crippen LogP contribution < -0.4 is 11.5 Å². The van der Waals surface area contributed by atoms with Crippen molar-refractivity contribution in [2.24, 2.45) is 10.7 Å². The summed E-state index contributed by atoms with van der Waals surface area (Å²) in [6.45, 7) is 2.31. The Kier molecular flexibility index (Phi) is 6.16. The molecule has 0 amide bonds. The van der Waals surface area contributed by atoms with E-state index in [1.165, 1.54) is 0 Å². The lowest BCUT2D eigenvalue weighted by atomic mass is 9.90. The Hall–Kier alpha value is -2.13. The van der Waals surface area contributed by atoms with Crippen LogP contribution in [-0.4, -0.2) is 29.2 Å². The van der Waals surface area contributed by atoms with Gasteiger partial charge in [0.15, 0.2) is 0 Å². The third kappa shape index (κ3) is 4.78. The fraction of sp³-hybridized carbons (Fsp3) is 0.333. The zero-order chi connectivity index (χ0) is 20.3. The van der Waals surface area contributed by atoms with Crippen LogP contribution in [0.4, 0.5) is 18.9 Å². The van der Waals surface area contributed by atoms with Gasteiger partial charge in [0.25, 0.3) is 0 Å². The van der Waals surface area contributed by atoms with Crippen LogP contribution in [0.2, 0.25) is 0 Å². The third-order valence-corrected chi connectivity index (χ3v) is 4.64. The second kappa shape index (κ2) is 7.85. The number of aromatic nitrogens is 1. The molecule has 1 aromatic carbocycles. The smallest absolute Gasteiger partial charge is 0.399 e. The van der Waals surface area contributed by atoms with Crippen molar-refractivity contribution in [1.82, 2.24) is 4.98 Å². The molecule has 1 aliphatic heterocycles. The van der Waals surface area contributed by atoms with Crippen molar-refractivity contribution in [2.45, 2.75) is 31.2 Å². The van der Waals surface area contributed by atoms with Crippen molar-refractivity contribution in [2.75, 3.05) is 12.3 Å². The van der Waals surface area contributed by atoms with Gasteiger partial charge in [0.05, 0.1) is 6.61 Å². The fourth-order valence-corrected chi connectivity index (χ4v) is 2.62. The zero-order valence-electron chi connectivity index (χ0n) is 14.8. The van der Waals surface area contributed by atoms with Gasteiger partial charge in [-0.3, -0.25) is 9.98 Å². The first-order chi connectivity index (χ1) is 12.5. The van der Waals surface area contributed by atoms with Gasteiger partial charge >= 0.3 is 6.18 Å². The second-order valence-electron chi connectivity index (χ2n) is 6.39. The number of rotatable bonds is 1. The molecule has 1 aromatic heterocycles. The van der Waals surface area contributed by atoms with Crippen molar-refractivity contribution in [3.63, 3.8) is 0 Å². The number of halogens is 4. The number of nitrogens with two attached hydrogens (primary N) is 2. The number of hydrogen-bond donors (Lipinski definition) is 2. The Balaban J connectivity index is 0.000000313. The van der Waals surface area contributed by atoms with Crippen LogP contribution in [0.15, 0.2) is 58.3 Å². The number of benzene rings is 1. The van der Waals surface area contributed by atoms with Crippen LogP contribution in [-0.2, 0) is 10.3 Å². The van der Waals surface area contributed by atoms with Gasteiger partial charge in [0.1, 0.15) is 11.4 Å². The normalized spacial score (nSPS) is 25.2. The van der Waals surface area contributed by atoms with Crippen LogP contribution in [0.25, 0.3) is 0 Å². The molecular formula is C18H20BrF3N4O. The highest BCUT2D eigenvalue weighted by molar-refractivity contribution is 9.10. The summed E-state index contributed by atoms with van der Waals surface area (Å²) >= 11 is 3.25. The van der Waals surface area contributed by atoms with E-state index in [2.05, 4.69) is 25.9 Å². The molecule has 2 heterocycles. The molecule has 146 valence electrons. The van der Waals surface area contributed by atoms with Crippen molar-refractivity contribution in [3.05, 3.63) is 58.8 Å². The highest BCUT2D eigenvalue weighted by atomic mass is 79.9. The number of nitrogen functional groups attached to an aromatic ring is 1. The monoisotopic (exact) mass is 444 g/mol. The molecule has 3 rings (SSSR count). The largest absolute Gasteiger partial charge is 0.424 e. The lowest BCUT2D eigenvalue weighted by Gasteiger charge is -2.40. The van der Waals surface area contributed by atoms with E-state index in [9.17, 15) is 13.2 Å². The average Bonchev–Trinajstić information content (AvgIpc) is 2.59. The minimum atomic E-state index is -4.61. The van der Waals surface area contributed by atoms with Gasteiger partial charge in [-0.05, 0) is 59.6 Å². The maximum absolute atomic E-state index is 13.0. The maximum Gasteiger partial charge on any atom is 0.424 e. The third-order valence-electron chi connectivity index (χ3n) is 4.17. The van der Waals surface area contributed by atoms with Gasteiger partial charge < -0.3 is 16.2 Å². The van der Waals surface area contributed by atoms with Crippen LogP contribution in [0.3, 0.4) is 0 Å². The quantitative estimate of drug-likeness (QED) is 0.649. The minimum Gasteiger partial charge on any atom is -0.399 e. The Morgan fingerprint density at radius 1 is 1.15 bits per heavy atom. The van der Waals surface area contributed by atoms with Crippen LogP contribution >= 0.6 is 15.9 Å². The first-order valence-corrected chi connectivity index (χ1v) is 8.75. The number of ether oxygens (including phenoxy) is 1.